The van der Waals surface area contributed by atoms with Gasteiger partial charge in [0.05, 0.1) is 11.3 Å². The van der Waals surface area contributed by atoms with Crippen molar-refractivity contribution in [3.63, 3.8) is 0 Å². The average Bonchev–Trinajstić information content (AvgIpc) is 3.51. The summed E-state index contributed by atoms with van der Waals surface area (Å²) in [4.78, 5) is 17.1. The number of fused-ring (bicyclic) bond motifs is 1. The molecule has 2 aliphatic heterocycles. The highest BCUT2D eigenvalue weighted by atomic mass is 32.2. The van der Waals surface area contributed by atoms with Gasteiger partial charge in [0.15, 0.2) is 5.65 Å². The van der Waals surface area contributed by atoms with Gasteiger partial charge in [-0.05, 0) is 42.7 Å². The summed E-state index contributed by atoms with van der Waals surface area (Å²) in [5.41, 5.74) is 1.41. The molecule has 0 saturated carbocycles. The number of sulfonamides is 1. The van der Waals surface area contributed by atoms with E-state index in [1.54, 1.807) is 29.0 Å². The molecule has 168 valence electrons. The monoisotopic (exact) mass is 455 g/mol. The van der Waals surface area contributed by atoms with E-state index < -0.39 is 10.0 Å². The predicted molar refractivity (Wildman–Crippen MR) is 118 cm³/mol. The lowest BCUT2D eigenvalue weighted by molar-refractivity contribution is -0.130. The smallest absolute Gasteiger partial charge is 0.243 e. The minimum Gasteiger partial charge on any atom is -0.352 e. The minimum absolute atomic E-state index is 0.00240. The highest BCUT2D eigenvalue weighted by molar-refractivity contribution is 7.89. The normalized spacial score (nSPS) is 17.9. The van der Waals surface area contributed by atoms with Crippen LogP contribution in [0.25, 0.3) is 5.65 Å². The van der Waals surface area contributed by atoms with Crippen LogP contribution in [0.3, 0.4) is 0 Å². The molecule has 0 unspecified atom stereocenters. The van der Waals surface area contributed by atoms with Crippen molar-refractivity contribution in [1.29, 1.82) is 0 Å². The Labute approximate surface area is 186 Å². The fraction of sp³-hybridized carbons (Fsp3) is 0.429. The minimum atomic E-state index is -3.49. The Balaban J connectivity index is 1.21. The van der Waals surface area contributed by atoms with Crippen molar-refractivity contribution in [1.82, 2.24) is 29.0 Å². The lowest BCUT2D eigenvalue weighted by Crippen LogP contribution is -2.49. The zero-order valence-corrected chi connectivity index (χ0v) is 18.5. The summed E-state index contributed by atoms with van der Waals surface area (Å²) in [7, 11) is -3.49. The third-order valence-electron chi connectivity index (χ3n) is 6.06. The molecule has 0 bridgehead atoms. The van der Waals surface area contributed by atoms with E-state index in [9.17, 15) is 13.2 Å². The fourth-order valence-electron chi connectivity index (χ4n) is 4.25. The van der Waals surface area contributed by atoms with Gasteiger partial charge in [-0.2, -0.15) is 8.82 Å². The van der Waals surface area contributed by atoms with Crippen molar-refractivity contribution >= 4 is 27.4 Å². The Morgan fingerprint density at radius 3 is 2.53 bits per heavy atom. The zero-order chi connectivity index (χ0) is 22.1. The number of benzene rings is 1. The maximum absolute atomic E-state index is 12.9. The average molecular weight is 456 g/mol. The predicted octanol–water partition coefficient (Wildman–Crippen LogP) is 0.800. The van der Waals surface area contributed by atoms with Gasteiger partial charge in [0, 0.05) is 39.3 Å². The fourth-order valence-corrected chi connectivity index (χ4v) is 5.84. The molecule has 2 saturated heterocycles. The molecule has 3 aromatic rings. The Morgan fingerprint density at radius 1 is 0.969 bits per heavy atom. The first-order valence-electron chi connectivity index (χ1n) is 10.8. The Hall–Kier alpha value is -3.05. The van der Waals surface area contributed by atoms with Gasteiger partial charge < -0.3 is 9.80 Å². The molecule has 0 aliphatic carbocycles. The maximum Gasteiger partial charge on any atom is 0.243 e. The first kappa shape index (κ1) is 20.8. The Kier molecular flexibility index (Phi) is 5.51. The summed E-state index contributed by atoms with van der Waals surface area (Å²) >= 11 is 0. The van der Waals surface area contributed by atoms with Gasteiger partial charge in [-0.1, -0.05) is 12.1 Å². The van der Waals surface area contributed by atoms with E-state index in [1.165, 1.54) is 4.31 Å². The van der Waals surface area contributed by atoms with Gasteiger partial charge in [0.1, 0.15) is 12.1 Å². The number of nitrogens with zero attached hydrogens (tertiary/aromatic N) is 7. The molecule has 0 radical (unpaired) electrons. The Morgan fingerprint density at radius 2 is 1.75 bits per heavy atom. The number of aromatic nitrogens is 4. The number of hydrogen-bond donors (Lipinski definition) is 0. The summed E-state index contributed by atoms with van der Waals surface area (Å²) in [6, 6.07) is 10.6. The molecule has 10 nitrogen and oxygen atoms in total. The second-order valence-electron chi connectivity index (χ2n) is 8.13. The standard InChI is InChI=1S/C21H25N7O3S/c29-21(15-17-4-3-5-18(14-17)32(30,31)27-8-1-2-9-27)26-12-10-25(11-13-26)20-7-6-19-23-22-16-28(19)24-20/h3-7,14,16H,1-2,8-13,15H2. The van der Waals surface area contributed by atoms with E-state index >= 15 is 0 Å². The van der Waals surface area contributed by atoms with E-state index in [-0.39, 0.29) is 17.2 Å². The summed E-state index contributed by atoms with van der Waals surface area (Å²) in [6.45, 7) is 3.66. The van der Waals surface area contributed by atoms with Gasteiger partial charge in [0.25, 0.3) is 0 Å². The highest BCUT2D eigenvalue weighted by Gasteiger charge is 2.28. The van der Waals surface area contributed by atoms with Crippen LogP contribution in [-0.4, -0.2) is 82.6 Å². The van der Waals surface area contributed by atoms with E-state index in [0.29, 0.717) is 44.9 Å². The Bertz CT molecular complexity index is 1230. The zero-order valence-electron chi connectivity index (χ0n) is 17.7. The topological polar surface area (TPSA) is 104 Å². The number of anilines is 1. The van der Waals surface area contributed by atoms with E-state index in [2.05, 4.69) is 20.2 Å². The van der Waals surface area contributed by atoms with Crippen molar-refractivity contribution in [2.75, 3.05) is 44.2 Å². The molecule has 11 heteroatoms. The van der Waals surface area contributed by atoms with Crippen LogP contribution in [0.4, 0.5) is 5.82 Å². The lowest BCUT2D eigenvalue weighted by atomic mass is 10.1. The first-order chi connectivity index (χ1) is 15.5. The molecule has 2 aromatic heterocycles. The third kappa shape index (κ3) is 4.05. The number of piperazine rings is 1. The number of rotatable bonds is 5. The van der Waals surface area contributed by atoms with Crippen molar-refractivity contribution in [3.8, 4) is 0 Å². The molecule has 0 atom stereocenters. The number of hydrogen-bond acceptors (Lipinski definition) is 7. The van der Waals surface area contributed by atoms with Crippen LogP contribution in [-0.2, 0) is 21.2 Å². The summed E-state index contributed by atoms with van der Waals surface area (Å²) in [5, 5.41) is 12.3. The molecule has 2 aliphatic rings. The molecule has 5 rings (SSSR count). The van der Waals surface area contributed by atoms with Crippen LogP contribution >= 0.6 is 0 Å². The number of amides is 1. The summed E-state index contributed by atoms with van der Waals surface area (Å²) < 4.78 is 28.8. The molecule has 1 amide bonds. The van der Waals surface area contributed by atoms with E-state index in [0.717, 1.165) is 24.2 Å². The van der Waals surface area contributed by atoms with Gasteiger partial charge in [-0.25, -0.2) is 8.42 Å². The molecular formula is C21H25N7O3S. The maximum atomic E-state index is 12.9. The van der Waals surface area contributed by atoms with Gasteiger partial charge in [0.2, 0.25) is 15.9 Å². The van der Waals surface area contributed by atoms with Gasteiger partial charge >= 0.3 is 0 Å². The second kappa shape index (κ2) is 8.47. The van der Waals surface area contributed by atoms with Crippen LogP contribution in [0.5, 0.6) is 0 Å². The van der Waals surface area contributed by atoms with Crippen LogP contribution in [0.15, 0.2) is 47.6 Å². The van der Waals surface area contributed by atoms with Crippen molar-refractivity contribution in [2.45, 2.75) is 24.2 Å². The van der Waals surface area contributed by atoms with Crippen LogP contribution in [0.2, 0.25) is 0 Å². The second-order valence-corrected chi connectivity index (χ2v) is 10.1. The number of carbonyl (C=O) groups is 1. The molecule has 0 N–H and O–H groups in total. The molecule has 1 aromatic carbocycles. The van der Waals surface area contributed by atoms with Crippen molar-refractivity contribution < 1.29 is 13.2 Å². The van der Waals surface area contributed by atoms with Crippen LogP contribution in [0.1, 0.15) is 18.4 Å². The first-order valence-corrected chi connectivity index (χ1v) is 12.2. The molecule has 32 heavy (non-hydrogen) atoms. The van der Waals surface area contributed by atoms with Crippen molar-refractivity contribution in [3.05, 3.63) is 48.3 Å². The molecular weight excluding hydrogens is 430 g/mol. The number of carbonyl (C=O) groups excluding carboxylic acids is 1. The third-order valence-corrected chi connectivity index (χ3v) is 7.96. The largest absolute Gasteiger partial charge is 0.352 e. The SMILES string of the molecule is O=C(Cc1cccc(S(=O)(=O)N2CCCC2)c1)N1CCN(c2ccc3nncn3n2)CC1. The van der Waals surface area contributed by atoms with Crippen molar-refractivity contribution in [2.24, 2.45) is 0 Å². The van der Waals surface area contributed by atoms with Gasteiger partial charge in [-0.15, -0.1) is 15.3 Å². The lowest BCUT2D eigenvalue weighted by Gasteiger charge is -2.35. The summed E-state index contributed by atoms with van der Waals surface area (Å²) in [6.07, 6.45) is 3.54. The van der Waals surface area contributed by atoms with E-state index in [4.69, 9.17) is 0 Å². The van der Waals surface area contributed by atoms with Crippen LogP contribution < -0.4 is 4.90 Å². The summed E-state index contributed by atoms with van der Waals surface area (Å²) in [5.74, 6) is 0.826. The quantitative estimate of drug-likeness (QED) is 0.560. The van der Waals surface area contributed by atoms with E-state index in [1.807, 2.05) is 23.1 Å². The highest BCUT2D eigenvalue weighted by Crippen LogP contribution is 2.22. The molecule has 2 fully saturated rings. The van der Waals surface area contributed by atoms with Crippen LogP contribution in [0, 0.1) is 0 Å². The molecule has 4 heterocycles. The molecule has 0 spiro atoms. The van der Waals surface area contributed by atoms with Gasteiger partial charge in [-0.3, -0.25) is 4.79 Å².